The molecule has 0 aromatic heterocycles. The molecule has 0 saturated carbocycles. The number of nitrogens with zero attached hydrogens (tertiary/aromatic N) is 1. The Morgan fingerprint density at radius 3 is 2.70 bits per heavy atom. The number of aryl methyl sites for hydroxylation is 1. The van der Waals surface area contributed by atoms with Gasteiger partial charge in [0.2, 0.25) is 15.9 Å². The van der Waals surface area contributed by atoms with E-state index in [-0.39, 0.29) is 17.3 Å². The minimum Gasteiger partial charge on any atom is -0.494 e. The zero-order chi connectivity index (χ0) is 19.9. The van der Waals surface area contributed by atoms with E-state index >= 15 is 0 Å². The highest BCUT2D eigenvalue weighted by molar-refractivity contribution is 7.89. The number of ether oxygens (including phenoxy) is 1. The lowest BCUT2D eigenvalue weighted by Crippen LogP contribution is -2.38. The van der Waals surface area contributed by atoms with Crippen LogP contribution in [0.2, 0.25) is 0 Å². The standard InChI is InChI=1S/C20H30N2O4S/c1-4-26-19-11-10-18(14-16(19)2)27(24,25)22(3)15-20(23)21-13-12-17-8-6-5-7-9-17/h8,10-11,14H,4-7,9,12-13,15H2,1-3H3,(H,21,23). The van der Waals surface area contributed by atoms with Crippen molar-refractivity contribution in [1.29, 1.82) is 0 Å². The van der Waals surface area contributed by atoms with Crippen molar-refractivity contribution in [2.45, 2.75) is 50.8 Å². The van der Waals surface area contributed by atoms with Gasteiger partial charge in [-0.25, -0.2) is 8.42 Å². The molecule has 0 radical (unpaired) electrons. The molecule has 1 aliphatic carbocycles. The molecule has 0 bridgehead atoms. The van der Waals surface area contributed by atoms with Gasteiger partial charge < -0.3 is 10.1 Å². The third kappa shape index (κ3) is 6.07. The number of benzene rings is 1. The van der Waals surface area contributed by atoms with Gasteiger partial charge >= 0.3 is 0 Å². The number of carbonyl (C=O) groups is 1. The minimum absolute atomic E-state index is 0.158. The summed E-state index contributed by atoms with van der Waals surface area (Å²) in [5, 5.41) is 2.82. The number of carbonyl (C=O) groups excluding carboxylic acids is 1. The first-order chi connectivity index (χ1) is 12.8. The fourth-order valence-electron chi connectivity index (χ4n) is 3.12. The molecule has 1 aliphatic rings. The molecule has 1 aromatic rings. The van der Waals surface area contributed by atoms with Gasteiger partial charge in [-0.3, -0.25) is 4.79 Å². The number of likely N-dealkylation sites (N-methyl/N-ethyl adjacent to an activating group) is 1. The third-order valence-electron chi connectivity index (χ3n) is 4.67. The van der Waals surface area contributed by atoms with Crippen LogP contribution in [0.15, 0.2) is 34.7 Å². The second kappa shape index (κ2) is 9.90. The Bertz CT molecular complexity index is 787. The molecule has 2 rings (SSSR count). The number of allylic oxidation sites excluding steroid dienone is 1. The van der Waals surface area contributed by atoms with Crippen molar-refractivity contribution in [1.82, 2.24) is 9.62 Å². The molecule has 27 heavy (non-hydrogen) atoms. The lowest BCUT2D eigenvalue weighted by molar-refractivity contribution is -0.121. The number of amides is 1. The molecular weight excluding hydrogens is 364 g/mol. The van der Waals surface area contributed by atoms with E-state index in [4.69, 9.17) is 4.74 Å². The lowest BCUT2D eigenvalue weighted by atomic mass is 9.97. The molecule has 1 aromatic carbocycles. The normalized spacial score (nSPS) is 14.7. The first-order valence-electron chi connectivity index (χ1n) is 9.49. The Morgan fingerprint density at radius 1 is 1.30 bits per heavy atom. The molecule has 0 fully saturated rings. The van der Waals surface area contributed by atoms with E-state index < -0.39 is 10.0 Å². The molecule has 0 unspecified atom stereocenters. The Balaban J connectivity index is 1.91. The van der Waals surface area contributed by atoms with Gasteiger partial charge in [0, 0.05) is 13.6 Å². The maximum atomic E-state index is 12.7. The van der Waals surface area contributed by atoms with Crippen molar-refractivity contribution >= 4 is 15.9 Å². The van der Waals surface area contributed by atoms with E-state index in [9.17, 15) is 13.2 Å². The zero-order valence-electron chi connectivity index (χ0n) is 16.5. The Kier molecular flexibility index (Phi) is 7.86. The van der Waals surface area contributed by atoms with Crippen LogP contribution < -0.4 is 10.1 Å². The van der Waals surface area contributed by atoms with Crippen molar-refractivity contribution in [3.05, 3.63) is 35.4 Å². The van der Waals surface area contributed by atoms with Crippen LogP contribution in [0.5, 0.6) is 5.75 Å². The van der Waals surface area contributed by atoms with Crippen molar-refractivity contribution in [3.8, 4) is 5.75 Å². The van der Waals surface area contributed by atoms with E-state index in [1.807, 2.05) is 6.92 Å². The predicted octanol–water partition coefficient (Wildman–Crippen LogP) is 3.02. The average Bonchev–Trinajstić information content (AvgIpc) is 2.64. The van der Waals surface area contributed by atoms with Crippen LogP contribution in [0.1, 0.15) is 44.6 Å². The average molecular weight is 395 g/mol. The summed E-state index contributed by atoms with van der Waals surface area (Å²) >= 11 is 0. The number of rotatable bonds is 9. The summed E-state index contributed by atoms with van der Waals surface area (Å²) in [5.41, 5.74) is 2.13. The summed E-state index contributed by atoms with van der Waals surface area (Å²) in [7, 11) is -2.31. The van der Waals surface area contributed by atoms with Crippen LogP contribution in [0, 0.1) is 6.92 Å². The van der Waals surface area contributed by atoms with E-state index in [1.54, 1.807) is 19.1 Å². The van der Waals surface area contributed by atoms with Crippen LogP contribution in [-0.2, 0) is 14.8 Å². The van der Waals surface area contributed by atoms with Gasteiger partial charge in [-0.1, -0.05) is 11.6 Å². The molecule has 0 aliphatic heterocycles. The van der Waals surface area contributed by atoms with Crippen LogP contribution in [-0.4, -0.2) is 45.4 Å². The topological polar surface area (TPSA) is 75.7 Å². The number of sulfonamides is 1. The van der Waals surface area contributed by atoms with Gasteiger partial charge in [0.25, 0.3) is 0 Å². The molecule has 0 spiro atoms. The summed E-state index contributed by atoms with van der Waals surface area (Å²) in [4.78, 5) is 12.3. The van der Waals surface area contributed by atoms with E-state index in [0.717, 1.165) is 29.1 Å². The van der Waals surface area contributed by atoms with Gasteiger partial charge in [0.05, 0.1) is 18.0 Å². The number of hydrogen-bond donors (Lipinski definition) is 1. The van der Waals surface area contributed by atoms with Crippen LogP contribution in [0.3, 0.4) is 0 Å². The summed E-state index contributed by atoms with van der Waals surface area (Å²) in [6.45, 7) is 4.54. The van der Waals surface area contributed by atoms with E-state index in [1.165, 1.54) is 31.5 Å². The predicted molar refractivity (Wildman–Crippen MR) is 106 cm³/mol. The lowest BCUT2D eigenvalue weighted by Gasteiger charge is -2.18. The second-order valence-corrected chi connectivity index (χ2v) is 8.87. The molecule has 1 amide bonds. The Labute approximate surface area is 162 Å². The molecule has 0 heterocycles. The first-order valence-corrected chi connectivity index (χ1v) is 10.9. The maximum absolute atomic E-state index is 12.7. The zero-order valence-corrected chi connectivity index (χ0v) is 17.3. The summed E-state index contributed by atoms with van der Waals surface area (Å²) < 4.78 is 31.9. The van der Waals surface area contributed by atoms with Crippen molar-refractivity contribution < 1.29 is 17.9 Å². The van der Waals surface area contributed by atoms with Gasteiger partial charge in [-0.2, -0.15) is 4.31 Å². The highest BCUT2D eigenvalue weighted by Crippen LogP contribution is 2.23. The monoisotopic (exact) mass is 394 g/mol. The summed E-state index contributed by atoms with van der Waals surface area (Å²) in [5.74, 6) is 0.369. The molecule has 6 nitrogen and oxygen atoms in total. The molecule has 1 N–H and O–H groups in total. The number of hydrogen-bond acceptors (Lipinski definition) is 4. The second-order valence-electron chi connectivity index (χ2n) is 6.83. The van der Waals surface area contributed by atoms with Crippen LogP contribution >= 0.6 is 0 Å². The van der Waals surface area contributed by atoms with Crippen molar-refractivity contribution in [2.24, 2.45) is 0 Å². The van der Waals surface area contributed by atoms with Crippen LogP contribution in [0.4, 0.5) is 0 Å². The maximum Gasteiger partial charge on any atom is 0.243 e. The van der Waals surface area contributed by atoms with Crippen LogP contribution in [0.25, 0.3) is 0 Å². The summed E-state index contributed by atoms with van der Waals surface area (Å²) in [6, 6.07) is 4.74. The first kappa shape index (κ1) is 21.4. The molecule has 0 saturated heterocycles. The quantitative estimate of drug-likeness (QED) is 0.653. The highest BCUT2D eigenvalue weighted by Gasteiger charge is 2.23. The van der Waals surface area contributed by atoms with Gasteiger partial charge in [0.1, 0.15) is 5.75 Å². The highest BCUT2D eigenvalue weighted by atomic mass is 32.2. The fraction of sp³-hybridized carbons (Fsp3) is 0.550. The Morgan fingerprint density at radius 2 is 2.07 bits per heavy atom. The van der Waals surface area contributed by atoms with Crippen molar-refractivity contribution in [3.63, 3.8) is 0 Å². The van der Waals surface area contributed by atoms with E-state index in [0.29, 0.717) is 18.9 Å². The molecule has 0 atom stereocenters. The Hall–Kier alpha value is -1.86. The SMILES string of the molecule is CCOc1ccc(S(=O)(=O)N(C)CC(=O)NCCC2=CCCCC2)cc1C. The molecule has 7 heteroatoms. The molecule has 150 valence electrons. The molecular formula is C20H30N2O4S. The minimum atomic E-state index is -3.73. The van der Waals surface area contributed by atoms with E-state index in [2.05, 4.69) is 11.4 Å². The smallest absolute Gasteiger partial charge is 0.243 e. The summed E-state index contributed by atoms with van der Waals surface area (Å²) in [6.07, 6.45) is 7.75. The van der Waals surface area contributed by atoms with Gasteiger partial charge in [-0.05, 0) is 69.7 Å². The fourth-order valence-corrected chi connectivity index (χ4v) is 4.33. The van der Waals surface area contributed by atoms with Gasteiger partial charge in [-0.15, -0.1) is 0 Å². The number of nitrogens with one attached hydrogen (secondary N) is 1. The van der Waals surface area contributed by atoms with Gasteiger partial charge in [0.15, 0.2) is 0 Å². The third-order valence-corrected chi connectivity index (χ3v) is 6.47. The largest absolute Gasteiger partial charge is 0.494 e. The van der Waals surface area contributed by atoms with Crippen molar-refractivity contribution in [2.75, 3.05) is 26.7 Å².